The molecular formula is C13H14FNO2S. The van der Waals surface area contributed by atoms with Gasteiger partial charge in [0.05, 0.1) is 19.4 Å². The van der Waals surface area contributed by atoms with Crippen LogP contribution in [0.1, 0.15) is 4.88 Å². The highest BCUT2D eigenvalue weighted by Crippen LogP contribution is 2.30. The molecule has 0 bridgehead atoms. The second kappa shape index (κ2) is 5.73. The van der Waals surface area contributed by atoms with Gasteiger partial charge in [-0.2, -0.15) is 0 Å². The van der Waals surface area contributed by atoms with Gasteiger partial charge in [-0.3, -0.25) is 0 Å². The lowest BCUT2D eigenvalue weighted by molar-refractivity contribution is 0.319. The monoisotopic (exact) mass is 267 g/mol. The number of nitrogen functional groups attached to an aromatic ring is 1. The van der Waals surface area contributed by atoms with Crippen LogP contribution in [0.4, 0.5) is 10.1 Å². The van der Waals surface area contributed by atoms with E-state index in [0.717, 1.165) is 6.42 Å². The Labute approximate surface area is 109 Å². The van der Waals surface area contributed by atoms with Gasteiger partial charge in [0, 0.05) is 23.4 Å². The zero-order valence-corrected chi connectivity index (χ0v) is 10.8. The Morgan fingerprint density at radius 3 is 2.83 bits per heavy atom. The molecule has 1 aromatic heterocycles. The molecule has 2 rings (SSSR count). The fourth-order valence-electron chi connectivity index (χ4n) is 1.55. The summed E-state index contributed by atoms with van der Waals surface area (Å²) in [4.78, 5) is 1.24. The summed E-state index contributed by atoms with van der Waals surface area (Å²) in [6, 6.07) is 6.72. The molecule has 1 heterocycles. The Balaban J connectivity index is 2.00. The number of nitrogens with two attached hydrogens (primary N) is 1. The maximum Gasteiger partial charge on any atom is 0.167 e. The van der Waals surface area contributed by atoms with E-state index >= 15 is 0 Å². The Hall–Kier alpha value is -1.75. The molecule has 0 spiro atoms. The fourth-order valence-corrected chi connectivity index (χ4v) is 2.24. The Kier molecular flexibility index (Phi) is 4.04. The van der Waals surface area contributed by atoms with E-state index in [4.69, 9.17) is 15.2 Å². The fraction of sp³-hybridized carbons (Fsp3) is 0.231. The Morgan fingerprint density at radius 2 is 2.17 bits per heavy atom. The summed E-state index contributed by atoms with van der Waals surface area (Å²) in [5, 5.41) is 2.02. The van der Waals surface area contributed by atoms with Crippen LogP contribution in [-0.2, 0) is 6.42 Å². The molecule has 0 fully saturated rings. The highest BCUT2D eigenvalue weighted by Gasteiger charge is 2.09. The summed E-state index contributed by atoms with van der Waals surface area (Å²) in [5.41, 5.74) is 5.96. The van der Waals surface area contributed by atoms with Crippen molar-refractivity contribution in [2.45, 2.75) is 6.42 Å². The molecule has 0 aliphatic carbocycles. The van der Waals surface area contributed by atoms with Crippen molar-refractivity contribution < 1.29 is 13.9 Å². The van der Waals surface area contributed by atoms with Gasteiger partial charge in [-0.1, -0.05) is 6.07 Å². The van der Waals surface area contributed by atoms with Crippen LogP contribution in [-0.4, -0.2) is 13.7 Å². The molecule has 0 amide bonds. The normalized spacial score (nSPS) is 10.3. The summed E-state index contributed by atoms with van der Waals surface area (Å²) < 4.78 is 23.7. The molecule has 0 radical (unpaired) electrons. The second-order valence-electron chi connectivity index (χ2n) is 3.70. The van der Waals surface area contributed by atoms with Crippen LogP contribution in [0.25, 0.3) is 0 Å². The van der Waals surface area contributed by atoms with Gasteiger partial charge in [0.2, 0.25) is 0 Å². The first kappa shape index (κ1) is 12.7. The molecule has 0 unspecified atom stereocenters. The van der Waals surface area contributed by atoms with Crippen LogP contribution in [0, 0.1) is 5.82 Å². The smallest absolute Gasteiger partial charge is 0.167 e. The zero-order chi connectivity index (χ0) is 13.0. The number of halogens is 1. The van der Waals surface area contributed by atoms with E-state index in [1.54, 1.807) is 11.3 Å². The molecule has 96 valence electrons. The van der Waals surface area contributed by atoms with Crippen molar-refractivity contribution in [3.63, 3.8) is 0 Å². The molecule has 0 aliphatic rings. The number of methoxy groups -OCH3 is 1. The van der Waals surface area contributed by atoms with E-state index in [0.29, 0.717) is 12.4 Å². The van der Waals surface area contributed by atoms with Gasteiger partial charge >= 0.3 is 0 Å². The maximum atomic E-state index is 13.3. The van der Waals surface area contributed by atoms with Gasteiger partial charge < -0.3 is 15.2 Å². The minimum Gasteiger partial charge on any atom is -0.494 e. The van der Waals surface area contributed by atoms with Gasteiger partial charge in [0.25, 0.3) is 0 Å². The molecule has 1 aromatic carbocycles. The standard InChI is InChI=1S/C13H14FNO2S/c1-16-12-8-13(11(15)7-10(12)14)17-5-4-9-3-2-6-18-9/h2-3,6-8H,4-5,15H2,1H3. The van der Waals surface area contributed by atoms with E-state index in [1.165, 1.54) is 24.1 Å². The number of hydrogen-bond acceptors (Lipinski definition) is 4. The third-order valence-electron chi connectivity index (χ3n) is 2.47. The Morgan fingerprint density at radius 1 is 1.33 bits per heavy atom. The number of benzene rings is 1. The van der Waals surface area contributed by atoms with Crippen LogP contribution in [0.3, 0.4) is 0 Å². The van der Waals surface area contributed by atoms with Crippen molar-refractivity contribution in [3.8, 4) is 11.5 Å². The van der Waals surface area contributed by atoms with Gasteiger partial charge in [0.15, 0.2) is 11.6 Å². The molecule has 0 aliphatic heterocycles. The number of ether oxygens (including phenoxy) is 2. The minimum atomic E-state index is -0.486. The van der Waals surface area contributed by atoms with Crippen molar-refractivity contribution in [2.75, 3.05) is 19.5 Å². The lowest BCUT2D eigenvalue weighted by atomic mass is 10.2. The molecule has 3 nitrogen and oxygen atoms in total. The van der Waals surface area contributed by atoms with Crippen LogP contribution in [0.2, 0.25) is 0 Å². The predicted molar refractivity (Wildman–Crippen MR) is 70.9 cm³/mol. The SMILES string of the molecule is COc1cc(OCCc2cccs2)c(N)cc1F. The van der Waals surface area contributed by atoms with Crippen molar-refractivity contribution in [1.82, 2.24) is 0 Å². The predicted octanol–water partition coefficient (Wildman–Crippen LogP) is 3.10. The van der Waals surface area contributed by atoms with Crippen LogP contribution >= 0.6 is 11.3 Å². The third-order valence-corrected chi connectivity index (χ3v) is 3.41. The van der Waals surface area contributed by atoms with Crippen molar-refractivity contribution in [3.05, 3.63) is 40.3 Å². The van der Waals surface area contributed by atoms with Crippen LogP contribution < -0.4 is 15.2 Å². The van der Waals surface area contributed by atoms with Crippen LogP contribution in [0.15, 0.2) is 29.6 Å². The number of anilines is 1. The molecular weight excluding hydrogens is 253 g/mol. The summed E-state index contributed by atoms with van der Waals surface area (Å²) >= 11 is 1.68. The highest BCUT2D eigenvalue weighted by atomic mass is 32.1. The number of thiophene rings is 1. The average Bonchev–Trinajstić information content (AvgIpc) is 2.85. The highest BCUT2D eigenvalue weighted by molar-refractivity contribution is 7.09. The largest absolute Gasteiger partial charge is 0.494 e. The van der Waals surface area contributed by atoms with Crippen LogP contribution in [0.5, 0.6) is 11.5 Å². The zero-order valence-electron chi connectivity index (χ0n) is 9.98. The third kappa shape index (κ3) is 2.92. The molecule has 0 saturated heterocycles. The summed E-state index contributed by atoms with van der Waals surface area (Å²) in [7, 11) is 1.41. The molecule has 5 heteroatoms. The quantitative estimate of drug-likeness (QED) is 0.847. The lowest BCUT2D eigenvalue weighted by Crippen LogP contribution is -2.03. The summed E-state index contributed by atoms with van der Waals surface area (Å²) in [6.45, 7) is 0.500. The molecule has 18 heavy (non-hydrogen) atoms. The number of hydrogen-bond donors (Lipinski definition) is 1. The first-order chi connectivity index (χ1) is 8.70. The Bertz CT molecular complexity index is 514. The minimum absolute atomic E-state index is 0.135. The topological polar surface area (TPSA) is 44.5 Å². The van der Waals surface area contributed by atoms with Gasteiger partial charge in [0.1, 0.15) is 5.75 Å². The second-order valence-corrected chi connectivity index (χ2v) is 4.73. The van der Waals surface area contributed by atoms with Gasteiger partial charge in [-0.05, 0) is 11.4 Å². The molecule has 0 saturated carbocycles. The summed E-state index contributed by atoms with van der Waals surface area (Å²) in [5.74, 6) is 0.0979. The van der Waals surface area contributed by atoms with E-state index in [-0.39, 0.29) is 11.4 Å². The van der Waals surface area contributed by atoms with E-state index in [9.17, 15) is 4.39 Å². The van der Waals surface area contributed by atoms with E-state index in [2.05, 4.69) is 0 Å². The first-order valence-electron chi connectivity index (χ1n) is 5.49. The molecule has 2 aromatic rings. The average molecular weight is 267 g/mol. The molecule has 2 N–H and O–H groups in total. The first-order valence-corrected chi connectivity index (χ1v) is 6.37. The van der Waals surface area contributed by atoms with Crippen molar-refractivity contribution >= 4 is 17.0 Å². The van der Waals surface area contributed by atoms with E-state index < -0.39 is 5.82 Å². The molecule has 0 atom stereocenters. The van der Waals surface area contributed by atoms with Crippen molar-refractivity contribution in [1.29, 1.82) is 0 Å². The number of rotatable bonds is 5. The maximum absolute atomic E-state index is 13.3. The van der Waals surface area contributed by atoms with Gasteiger partial charge in [-0.25, -0.2) is 4.39 Å². The lowest BCUT2D eigenvalue weighted by Gasteiger charge is -2.10. The van der Waals surface area contributed by atoms with Gasteiger partial charge in [-0.15, -0.1) is 11.3 Å². The van der Waals surface area contributed by atoms with E-state index in [1.807, 2.05) is 17.5 Å². The summed E-state index contributed by atoms with van der Waals surface area (Å²) in [6.07, 6.45) is 0.802. The van der Waals surface area contributed by atoms with Crippen molar-refractivity contribution in [2.24, 2.45) is 0 Å².